The Kier molecular flexibility index (Phi) is 13.5. The van der Waals surface area contributed by atoms with E-state index >= 15 is 0 Å². The van der Waals surface area contributed by atoms with Crippen molar-refractivity contribution in [1.29, 1.82) is 0 Å². The molecule has 2 fully saturated rings. The maximum absolute atomic E-state index is 13.8. The van der Waals surface area contributed by atoms with Crippen LogP contribution in [0.25, 0.3) is 5.57 Å². The number of nitro benzene ring substituents is 1. The van der Waals surface area contributed by atoms with E-state index in [1.807, 2.05) is 18.2 Å². The van der Waals surface area contributed by atoms with Crippen molar-refractivity contribution in [2.45, 2.75) is 44.1 Å². The Morgan fingerprint density at radius 3 is 2.56 bits per heavy atom. The molecule has 2 saturated heterocycles. The van der Waals surface area contributed by atoms with Gasteiger partial charge in [-0.05, 0) is 72.2 Å². The summed E-state index contributed by atoms with van der Waals surface area (Å²) in [4.78, 5) is 34.0. The van der Waals surface area contributed by atoms with Crippen LogP contribution in [0, 0.1) is 15.5 Å². The number of piperazine rings is 1. The third-order valence-electron chi connectivity index (χ3n) is 10.8. The molecule has 312 valence electrons. The number of nitrogen functional groups attached to an aromatic ring is 1. The first-order valence-corrected chi connectivity index (χ1v) is 21.3. The van der Waals surface area contributed by atoms with E-state index in [0.29, 0.717) is 19.8 Å². The first-order valence-electron chi connectivity index (χ1n) is 19.4. The second-order valence-electron chi connectivity index (χ2n) is 15.6. The lowest BCUT2D eigenvalue weighted by molar-refractivity contribution is -0.384. The van der Waals surface area contributed by atoms with Crippen LogP contribution in [-0.2, 0) is 20.8 Å². The fraction of sp³-hybridized carbons (Fsp3) is 0.381. The number of benzene rings is 3. The zero-order valence-electron chi connectivity index (χ0n) is 32.9. The lowest BCUT2D eigenvalue weighted by Gasteiger charge is -2.39. The van der Waals surface area contributed by atoms with E-state index in [1.165, 1.54) is 47.2 Å². The van der Waals surface area contributed by atoms with Crippen LogP contribution >= 0.6 is 23.2 Å². The number of carbonyl (C=O) groups is 1. The first-order chi connectivity index (χ1) is 28.3. The number of aromatic nitrogens is 1. The molecule has 3 aliphatic rings. The molecular formula is C42H47Cl2N7O7S. The molecule has 1 amide bonds. The summed E-state index contributed by atoms with van der Waals surface area (Å²) >= 11 is 10.3. The molecule has 2 unspecified atom stereocenters. The average Bonchev–Trinajstić information content (AvgIpc) is 3.22. The van der Waals surface area contributed by atoms with Gasteiger partial charge in [0.25, 0.3) is 11.6 Å². The molecule has 0 saturated carbocycles. The number of carbonyl (C=O) groups excluding carboxylic acids is 1. The number of pyridine rings is 1. The van der Waals surface area contributed by atoms with Gasteiger partial charge in [0.15, 0.2) is 4.90 Å². The van der Waals surface area contributed by atoms with Crippen molar-refractivity contribution in [2.24, 2.45) is 5.41 Å². The Morgan fingerprint density at radius 1 is 1.07 bits per heavy atom. The number of rotatable bonds is 13. The van der Waals surface area contributed by atoms with E-state index in [-0.39, 0.29) is 62.2 Å². The second-order valence-corrected chi connectivity index (χ2v) is 17.7. The number of hydrogen-bond donors (Lipinski definition) is 3. The normalized spacial score (nSPS) is 18.9. The lowest BCUT2D eigenvalue weighted by Crippen LogP contribution is -2.47. The lowest BCUT2D eigenvalue weighted by atomic mass is 9.72. The smallest absolute Gasteiger partial charge is 0.297 e. The van der Waals surface area contributed by atoms with Gasteiger partial charge in [0.1, 0.15) is 34.4 Å². The van der Waals surface area contributed by atoms with Crippen molar-refractivity contribution in [3.05, 3.63) is 110 Å². The van der Waals surface area contributed by atoms with Crippen molar-refractivity contribution in [2.75, 3.05) is 75.0 Å². The fourth-order valence-corrected chi connectivity index (χ4v) is 8.58. The number of nitrogens with zero attached hydrogens (tertiary/aromatic N) is 4. The number of nitro groups is 1. The molecule has 3 aromatic carbocycles. The van der Waals surface area contributed by atoms with Crippen molar-refractivity contribution in [1.82, 2.24) is 14.6 Å². The first kappa shape index (κ1) is 42.5. The van der Waals surface area contributed by atoms with Crippen LogP contribution in [-0.4, -0.2) is 90.5 Å². The molecule has 2 atom stereocenters. The molecular weight excluding hydrogens is 817 g/mol. The Labute approximate surface area is 356 Å². The summed E-state index contributed by atoms with van der Waals surface area (Å²) < 4.78 is 33.2. The molecule has 3 heterocycles. The van der Waals surface area contributed by atoms with Gasteiger partial charge in [-0.3, -0.25) is 19.8 Å². The van der Waals surface area contributed by atoms with Crippen LogP contribution in [0.15, 0.2) is 83.4 Å². The number of hydrogen-bond acceptors (Lipinski definition) is 12. The quantitative estimate of drug-likeness (QED) is 0.0677. The monoisotopic (exact) mass is 863 g/mol. The molecule has 14 nitrogen and oxygen atoms in total. The van der Waals surface area contributed by atoms with Gasteiger partial charge in [-0.15, -0.1) is 0 Å². The predicted octanol–water partition coefficient (Wildman–Crippen LogP) is 7.74. The molecule has 7 rings (SSSR count). The van der Waals surface area contributed by atoms with E-state index in [2.05, 4.69) is 50.8 Å². The number of ether oxygens (including phenoxy) is 3. The Hall–Kier alpha value is -4.61. The van der Waals surface area contributed by atoms with Gasteiger partial charge in [0, 0.05) is 62.1 Å². The third kappa shape index (κ3) is 10.8. The van der Waals surface area contributed by atoms with Gasteiger partial charge in [-0.2, -0.15) is 4.72 Å². The minimum absolute atomic E-state index is 0.0346. The van der Waals surface area contributed by atoms with Crippen LogP contribution in [0.3, 0.4) is 0 Å². The summed E-state index contributed by atoms with van der Waals surface area (Å²) in [5.41, 5.74) is 11.0. The highest BCUT2D eigenvalue weighted by molar-refractivity contribution is 7.90. The van der Waals surface area contributed by atoms with Crippen molar-refractivity contribution < 1.29 is 28.5 Å². The van der Waals surface area contributed by atoms with E-state index < -0.39 is 22.2 Å². The maximum atomic E-state index is 13.8. The summed E-state index contributed by atoms with van der Waals surface area (Å²) in [5.74, 6) is -0.183. The van der Waals surface area contributed by atoms with Crippen LogP contribution in [0.2, 0.25) is 10.0 Å². The van der Waals surface area contributed by atoms with Crippen LogP contribution in [0.1, 0.15) is 49.0 Å². The van der Waals surface area contributed by atoms with Gasteiger partial charge in [0.05, 0.1) is 53.7 Å². The van der Waals surface area contributed by atoms with Crippen LogP contribution in [0.4, 0.5) is 22.9 Å². The zero-order chi connectivity index (χ0) is 41.7. The maximum Gasteiger partial charge on any atom is 0.297 e. The van der Waals surface area contributed by atoms with Crippen LogP contribution in [0.5, 0.6) is 11.5 Å². The van der Waals surface area contributed by atoms with Crippen molar-refractivity contribution in [3.8, 4) is 11.5 Å². The molecule has 59 heavy (non-hydrogen) atoms. The Bertz CT molecular complexity index is 2200. The number of nitrogens with one attached hydrogen (secondary N) is 2. The van der Waals surface area contributed by atoms with Crippen LogP contribution < -0.4 is 25.4 Å². The molecule has 0 spiro atoms. The predicted molar refractivity (Wildman–Crippen MR) is 231 cm³/mol. The molecule has 1 aliphatic carbocycles. The average molecular weight is 865 g/mol. The van der Waals surface area contributed by atoms with Gasteiger partial charge in [-0.25, -0.2) is 4.98 Å². The molecule has 17 heteroatoms. The molecule has 0 radical (unpaired) electrons. The molecule has 4 N–H and O–H groups in total. The van der Waals surface area contributed by atoms with E-state index in [0.717, 1.165) is 62.7 Å². The zero-order valence-corrected chi connectivity index (χ0v) is 35.2. The van der Waals surface area contributed by atoms with Crippen molar-refractivity contribution in [3.63, 3.8) is 0 Å². The largest absolute Gasteiger partial charge is 0.588 e. The number of amides is 1. The van der Waals surface area contributed by atoms with Gasteiger partial charge < -0.3 is 34.7 Å². The number of anilines is 3. The Morgan fingerprint density at radius 2 is 1.85 bits per heavy atom. The summed E-state index contributed by atoms with van der Waals surface area (Å²) in [6, 6.07) is 18.9. The molecule has 1 aromatic heterocycles. The van der Waals surface area contributed by atoms with E-state index in [9.17, 15) is 19.5 Å². The number of halogens is 2. The Balaban J connectivity index is 1.06. The second kappa shape index (κ2) is 18.8. The summed E-state index contributed by atoms with van der Waals surface area (Å²) in [6.45, 7) is 10.3. The number of allylic oxidation sites excluding steroid dienone is 1. The molecule has 0 bridgehead atoms. The summed E-state index contributed by atoms with van der Waals surface area (Å²) in [5, 5.41) is 15.9. The molecule has 2 aliphatic heterocycles. The highest BCUT2D eigenvalue weighted by atomic mass is 35.5. The summed E-state index contributed by atoms with van der Waals surface area (Å²) in [6.07, 6.45) is 4.34. The highest BCUT2D eigenvalue weighted by Crippen LogP contribution is 2.43. The summed E-state index contributed by atoms with van der Waals surface area (Å²) in [7, 11) is 0. The van der Waals surface area contributed by atoms with E-state index in [1.54, 1.807) is 12.1 Å². The SMILES string of the molecule is CC1(C)CCC(CN2CCN(c3ccc(C(=O)N[S+]([O-])c4ccc(NCC5COCCO5)c([N+](=O)[O-])c4)c(Oc4cnc(N)c(Cl)c4)c3)CC2)=C(c2ccc(Cl)cc2)C1. The fourth-order valence-electron chi connectivity index (χ4n) is 7.50. The van der Waals surface area contributed by atoms with E-state index in [4.69, 9.17) is 43.1 Å². The minimum Gasteiger partial charge on any atom is -0.588 e. The third-order valence-corrected chi connectivity index (χ3v) is 12.4. The van der Waals surface area contributed by atoms with Gasteiger partial charge in [0.2, 0.25) is 0 Å². The standard InChI is InChI=1S/C42H47Cl2N7O7S/c1-42(2)12-11-28(35(22-42)27-3-5-29(43)6-4-27)25-49-13-15-50(16-14-49)30-7-9-34(39(19-30)58-31-20-36(44)40(45)47-23-31)41(52)48-59(55)33-8-10-37(38(21-33)51(53)54)46-24-32-26-56-17-18-57-32/h3-10,19-21,23,32,46H,11-18,22,24-26H2,1-2H3,(H2,45,47)(H,48,52). The minimum atomic E-state index is -2.16. The number of nitrogens with two attached hydrogens (primary N) is 1. The van der Waals surface area contributed by atoms with Crippen molar-refractivity contribution >= 4 is 68.9 Å². The highest BCUT2D eigenvalue weighted by Gasteiger charge is 2.30. The molecule has 4 aromatic rings. The van der Waals surface area contributed by atoms with Gasteiger partial charge in [-0.1, -0.05) is 54.8 Å². The topological polar surface area (TPSA) is 180 Å². The van der Waals surface area contributed by atoms with Gasteiger partial charge >= 0.3 is 0 Å².